The number of rotatable bonds is 6. The second kappa shape index (κ2) is 7.97. The number of hydrogen-bond acceptors (Lipinski definition) is 3. The van der Waals surface area contributed by atoms with E-state index in [0.29, 0.717) is 11.5 Å². The summed E-state index contributed by atoms with van der Waals surface area (Å²) >= 11 is 0. The third-order valence-corrected chi connectivity index (χ3v) is 2.57. The van der Waals surface area contributed by atoms with Gasteiger partial charge in [0.25, 0.3) is 5.91 Å². The molecule has 20 heavy (non-hydrogen) atoms. The first kappa shape index (κ1) is 18.5. The molecule has 0 bridgehead atoms. The Balaban J connectivity index is 0.00000361. The van der Waals surface area contributed by atoms with E-state index in [0.717, 1.165) is 12.1 Å². The molecule has 6 heteroatoms. The van der Waals surface area contributed by atoms with E-state index >= 15 is 0 Å². The molecule has 0 spiro atoms. The topological polar surface area (TPSA) is 78.2 Å². The number of benzene rings is 1. The quantitative estimate of drug-likeness (QED) is 0.606. The minimum absolute atomic E-state index is 0. The van der Waals surface area contributed by atoms with Gasteiger partial charge in [-0.25, -0.2) is 0 Å². The van der Waals surface area contributed by atoms with Crippen molar-refractivity contribution in [1.82, 2.24) is 0 Å². The number of carbonyl (C=O) groups is 1. The van der Waals surface area contributed by atoms with Gasteiger partial charge >= 0.3 is 0 Å². The van der Waals surface area contributed by atoms with E-state index in [1.54, 1.807) is 13.2 Å². The molecule has 0 saturated carbocycles. The SMILES string of the molecule is COc1cccc(C[NH2+]C(C)(C)C)c1OCC(N)=O.[Cl-]. The van der Waals surface area contributed by atoms with Gasteiger partial charge in [-0.2, -0.15) is 0 Å². The Morgan fingerprint density at radius 3 is 2.50 bits per heavy atom. The van der Waals surface area contributed by atoms with Crippen LogP contribution in [0.4, 0.5) is 0 Å². The Labute approximate surface area is 126 Å². The minimum Gasteiger partial charge on any atom is -1.00 e. The van der Waals surface area contributed by atoms with Gasteiger partial charge in [0.05, 0.1) is 18.2 Å². The molecule has 0 aliphatic heterocycles. The molecule has 0 heterocycles. The predicted molar refractivity (Wildman–Crippen MR) is 73.1 cm³/mol. The van der Waals surface area contributed by atoms with Crippen molar-refractivity contribution >= 4 is 5.91 Å². The second-order valence-electron chi connectivity index (χ2n) is 5.48. The van der Waals surface area contributed by atoms with Crippen molar-refractivity contribution in [1.29, 1.82) is 0 Å². The number of ether oxygens (including phenoxy) is 2. The number of methoxy groups -OCH3 is 1. The Morgan fingerprint density at radius 1 is 1.35 bits per heavy atom. The van der Waals surface area contributed by atoms with E-state index in [2.05, 4.69) is 26.1 Å². The first-order chi connectivity index (χ1) is 8.83. The fourth-order valence-electron chi connectivity index (χ4n) is 1.61. The van der Waals surface area contributed by atoms with Gasteiger partial charge in [-0.05, 0) is 32.9 Å². The zero-order chi connectivity index (χ0) is 14.5. The highest BCUT2D eigenvalue weighted by Gasteiger charge is 2.17. The first-order valence-corrected chi connectivity index (χ1v) is 6.25. The van der Waals surface area contributed by atoms with E-state index < -0.39 is 5.91 Å². The highest BCUT2D eigenvalue weighted by atomic mass is 35.5. The Hall–Kier alpha value is -1.46. The fourth-order valence-corrected chi connectivity index (χ4v) is 1.61. The lowest BCUT2D eigenvalue weighted by Crippen LogP contribution is -3.00. The summed E-state index contributed by atoms with van der Waals surface area (Å²) in [5, 5.41) is 2.19. The normalized spacial score (nSPS) is 10.6. The minimum atomic E-state index is -0.503. The second-order valence-corrected chi connectivity index (χ2v) is 5.48. The van der Waals surface area contributed by atoms with E-state index in [-0.39, 0.29) is 24.6 Å². The number of halogens is 1. The molecule has 0 aliphatic carbocycles. The zero-order valence-electron chi connectivity index (χ0n) is 12.4. The summed E-state index contributed by atoms with van der Waals surface area (Å²) in [5.74, 6) is 0.696. The van der Waals surface area contributed by atoms with Crippen LogP contribution in [0.3, 0.4) is 0 Å². The molecule has 114 valence electrons. The van der Waals surface area contributed by atoms with Crippen molar-refractivity contribution in [3.8, 4) is 11.5 Å². The highest BCUT2D eigenvalue weighted by Crippen LogP contribution is 2.30. The van der Waals surface area contributed by atoms with Crippen molar-refractivity contribution in [2.45, 2.75) is 32.9 Å². The van der Waals surface area contributed by atoms with Crippen LogP contribution in [-0.4, -0.2) is 25.2 Å². The Kier molecular flexibility index (Phi) is 7.39. The molecule has 0 saturated heterocycles. The zero-order valence-corrected chi connectivity index (χ0v) is 13.2. The third-order valence-electron chi connectivity index (χ3n) is 2.57. The number of nitrogens with two attached hydrogens (primary N) is 2. The van der Waals surface area contributed by atoms with Crippen LogP contribution in [0.25, 0.3) is 0 Å². The lowest BCUT2D eigenvalue weighted by Gasteiger charge is -2.19. The molecular weight excluding hydrogens is 280 g/mol. The first-order valence-electron chi connectivity index (χ1n) is 6.25. The molecule has 0 unspecified atom stereocenters. The van der Waals surface area contributed by atoms with Gasteiger partial charge in [0, 0.05) is 0 Å². The monoisotopic (exact) mass is 302 g/mol. The summed E-state index contributed by atoms with van der Waals surface area (Å²) in [6, 6.07) is 5.67. The maximum Gasteiger partial charge on any atom is 0.255 e. The summed E-state index contributed by atoms with van der Waals surface area (Å²) in [7, 11) is 1.57. The van der Waals surface area contributed by atoms with Crippen LogP contribution in [0.2, 0.25) is 0 Å². The summed E-state index contributed by atoms with van der Waals surface area (Å²) in [5.41, 5.74) is 6.21. The van der Waals surface area contributed by atoms with Crippen LogP contribution in [0.5, 0.6) is 11.5 Å². The molecule has 0 aromatic heterocycles. The van der Waals surface area contributed by atoms with Crippen LogP contribution in [-0.2, 0) is 11.3 Å². The van der Waals surface area contributed by atoms with Crippen LogP contribution in [0.1, 0.15) is 26.3 Å². The number of quaternary nitrogens is 1. The summed E-state index contributed by atoms with van der Waals surface area (Å²) < 4.78 is 10.7. The van der Waals surface area contributed by atoms with Crippen LogP contribution >= 0.6 is 0 Å². The maximum atomic E-state index is 10.8. The van der Waals surface area contributed by atoms with Gasteiger partial charge in [0.2, 0.25) is 0 Å². The summed E-state index contributed by atoms with van der Waals surface area (Å²) in [6.07, 6.45) is 0. The Bertz CT molecular complexity index is 445. The van der Waals surface area contributed by atoms with E-state index in [9.17, 15) is 4.79 Å². The van der Waals surface area contributed by atoms with Crippen molar-refractivity contribution in [2.75, 3.05) is 13.7 Å². The van der Waals surface area contributed by atoms with Crippen molar-refractivity contribution in [2.24, 2.45) is 5.73 Å². The van der Waals surface area contributed by atoms with Crippen molar-refractivity contribution in [3.05, 3.63) is 23.8 Å². The van der Waals surface area contributed by atoms with Gasteiger partial charge in [-0.1, -0.05) is 6.07 Å². The molecule has 5 nitrogen and oxygen atoms in total. The number of hydrogen-bond donors (Lipinski definition) is 2. The molecule has 0 fully saturated rings. The van der Waals surface area contributed by atoms with E-state index in [4.69, 9.17) is 15.2 Å². The molecule has 0 atom stereocenters. The smallest absolute Gasteiger partial charge is 0.255 e. The lowest BCUT2D eigenvalue weighted by atomic mass is 10.1. The van der Waals surface area contributed by atoms with Crippen LogP contribution in [0.15, 0.2) is 18.2 Å². The largest absolute Gasteiger partial charge is 1.00 e. The number of para-hydroxylation sites is 1. The average molecular weight is 303 g/mol. The molecule has 1 aromatic rings. The maximum absolute atomic E-state index is 10.8. The molecular formula is C14H23ClN2O3. The predicted octanol–water partition coefficient (Wildman–Crippen LogP) is -2.57. The van der Waals surface area contributed by atoms with Crippen LogP contribution < -0.4 is 32.9 Å². The number of primary amides is 1. The Morgan fingerprint density at radius 2 is 2.00 bits per heavy atom. The van der Waals surface area contributed by atoms with Gasteiger partial charge in [-0.15, -0.1) is 0 Å². The van der Waals surface area contributed by atoms with Gasteiger partial charge in [-0.3, -0.25) is 4.79 Å². The van der Waals surface area contributed by atoms with Gasteiger partial charge in [0.15, 0.2) is 18.1 Å². The van der Waals surface area contributed by atoms with Crippen LogP contribution in [0, 0.1) is 0 Å². The van der Waals surface area contributed by atoms with E-state index in [1.807, 2.05) is 12.1 Å². The number of amides is 1. The van der Waals surface area contributed by atoms with Crippen molar-refractivity contribution in [3.63, 3.8) is 0 Å². The molecule has 4 N–H and O–H groups in total. The molecule has 1 aromatic carbocycles. The standard InChI is InChI=1S/C14H22N2O3.ClH/c1-14(2,3)16-8-10-6-5-7-11(18-4)13(10)19-9-12(15)17;/h5-7,16H,8-9H2,1-4H3,(H2,15,17);1H. The van der Waals surface area contributed by atoms with Gasteiger partial charge in [0.1, 0.15) is 6.54 Å². The number of carbonyl (C=O) groups excluding carboxylic acids is 1. The molecule has 1 amide bonds. The van der Waals surface area contributed by atoms with Crippen molar-refractivity contribution < 1.29 is 32.0 Å². The summed E-state index contributed by atoms with van der Waals surface area (Å²) in [6.45, 7) is 7.00. The van der Waals surface area contributed by atoms with Gasteiger partial charge < -0.3 is 32.9 Å². The van der Waals surface area contributed by atoms with E-state index in [1.165, 1.54) is 0 Å². The third kappa shape index (κ3) is 6.12. The highest BCUT2D eigenvalue weighted by molar-refractivity contribution is 5.75. The average Bonchev–Trinajstić information content (AvgIpc) is 2.32. The molecule has 1 rings (SSSR count). The lowest BCUT2D eigenvalue weighted by molar-refractivity contribution is -0.731. The molecule has 0 radical (unpaired) electrons. The summed E-state index contributed by atoms with van der Waals surface area (Å²) in [4.78, 5) is 10.8. The fraction of sp³-hybridized carbons (Fsp3) is 0.500. The molecule has 0 aliphatic rings.